The maximum Gasteiger partial charge on any atom is 0.306 e. The lowest BCUT2D eigenvalue weighted by Gasteiger charge is -2.18. The Morgan fingerprint density at radius 2 is 1.00 bits per heavy atom. The van der Waals surface area contributed by atoms with E-state index in [1.54, 1.807) is 0 Å². The van der Waals surface area contributed by atoms with Crippen molar-refractivity contribution in [1.29, 1.82) is 0 Å². The average molecular weight is 522 g/mol. The maximum atomic E-state index is 12.3. The molecule has 0 aromatic heterocycles. The largest absolute Gasteiger partial charge is 0.462 e. The van der Waals surface area contributed by atoms with Gasteiger partial charge < -0.3 is 4.74 Å². The van der Waals surface area contributed by atoms with Gasteiger partial charge in [0.05, 0.1) is 0 Å². The normalized spacial score (nSPS) is 10.4. The number of esters is 1. The Labute approximate surface area is 212 Å². The average Bonchev–Trinajstić information content (AvgIpc) is 2.75. The van der Waals surface area contributed by atoms with Crippen molar-refractivity contribution in [2.45, 2.75) is 176 Å². The zero-order valence-electron chi connectivity index (χ0n) is 21.8. The fourth-order valence-corrected chi connectivity index (χ4v) is 4.10. The van der Waals surface area contributed by atoms with Gasteiger partial charge in [-0.1, -0.05) is 141 Å². The first-order valence-electron chi connectivity index (χ1n) is 13.9. The van der Waals surface area contributed by atoms with E-state index in [1.807, 2.05) is 0 Å². The molecule has 0 spiro atoms. The third-order valence-corrected chi connectivity index (χ3v) is 6.13. The number of hydrogen-bond donors (Lipinski definition) is 0. The molecule has 196 valence electrons. The number of carbonyl (C=O) groups excluding carboxylic acids is 1. The third-order valence-electron chi connectivity index (χ3n) is 5.57. The van der Waals surface area contributed by atoms with Gasteiger partial charge in [-0.2, -0.15) is 0 Å². The predicted molar refractivity (Wildman–Crippen MR) is 150 cm³/mol. The van der Waals surface area contributed by atoms with Crippen LogP contribution in [0.5, 0.6) is 0 Å². The van der Waals surface area contributed by atoms with Crippen LogP contribution in [0.1, 0.15) is 170 Å². The number of alkyl halides is 1. The molecule has 0 saturated heterocycles. The van der Waals surface area contributed by atoms with Crippen LogP contribution in [0.3, 0.4) is 0 Å². The quantitative estimate of drug-likeness (QED) is 0.0804. The molecule has 0 N–H and O–H groups in total. The minimum absolute atomic E-state index is 0. The molecule has 0 aromatic rings. The van der Waals surface area contributed by atoms with Crippen LogP contribution in [0, 0.1) is 0 Å². The summed E-state index contributed by atoms with van der Waals surface area (Å²) in [6.45, 7) is 8.77. The fraction of sp³-hybridized carbons (Fsp3) is 0.966. The Bertz CT molecular complexity index is 317. The standard InChI is InChI=1S/C25H49BrO2.C3H8.CH4/c1-3-5-7-9-12-16-20-24(21-17-13-10-8-6-4-2)28-25(27)22-18-14-11-15-19-23-26;1-3-2;/h24H,3-23H2,1-2H3;3H2,1-2H3;1H4. The first-order chi connectivity index (χ1) is 15.2. The van der Waals surface area contributed by atoms with Gasteiger partial charge in [0.25, 0.3) is 0 Å². The summed E-state index contributed by atoms with van der Waals surface area (Å²) in [5.74, 6) is 0.0439. The highest BCUT2D eigenvalue weighted by Gasteiger charge is 2.14. The molecule has 0 bridgehead atoms. The number of unbranched alkanes of at least 4 members (excludes halogenated alkanes) is 14. The van der Waals surface area contributed by atoms with Crippen molar-refractivity contribution < 1.29 is 9.53 Å². The molecule has 0 unspecified atom stereocenters. The molecule has 32 heavy (non-hydrogen) atoms. The van der Waals surface area contributed by atoms with Crippen molar-refractivity contribution in [3.63, 3.8) is 0 Å². The number of hydrogen-bond acceptors (Lipinski definition) is 2. The van der Waals surface area contributed by atoms with Gasteiger partial charge in [0.1, 0.15) is 6.10 Å². The van der Waals surface area contributed by atoms with Crippen molar-refractivity contribution in [3.8, 4) is 0 Å². The predicted octanol–water partition coefficient (Wildman–Crippen LogP) is 11.2. The van der Waals surface area contributed by atoms with E-state index in [1.165, 1.54) is 103 Å². The van der Waals surface area contributed by atoms with E-state index in [-0.39, 0.29) is 19.5 Å². The monoisotopic (exact) mass is 520 g/mol. The van der Waals surface area contributed by atoms with E-state index in [9.17, 15) is 4.79 Å². The van der Waals surface area contributed by atoms with Crippen molar-refractivity contribution >= 4 is 21.9 Å². The molecule has 0 heterocycles. The van der Waals surface area contributed by atoms with Gasteiger partial charge in [0.15, 0.2) is 0 Å². The molecule has 0 rings (SSSR count). The summed E-state index contributed by atoms with van der Waals surface area (Å²) in [4.78, 5) is 12.3. The van der Waals surface area contributed by atoms with E-state index in [0.717, 1.165) is 31.0 Å². The lowest BCUT2D eigenvalue weighted by atomic mass is 10.0. The first-order valence-corrected chi connectivity index (χ1v) is 15.0. The molecule has 0 saturated carbocycles. The highest BCUT2D eigenvalue weighted by Crippen LogP contribution is 2.18. The number of halogens is 1. The van der Waals surface area contributed by atoms with E-state index >= 15 is 0 Å². The van der Waals surface area contributed by atoms with Gasteiger partial charge in [-0.15, -0.1) is 0 Å². The maximum absolute atomic E-state index is 12.3. The van der Waals surface area contributed by atoms with Crippen molar-refractivity contribution in [3.05, 3.63) is 0 Å². The van der Waals surface area contributed by atoms with E-state index in [4.69, 9.17) is 4.74 Å². The Kier molecular flexibility index (Phi) is 37.8. The third kappa shape index (κ3) is 32.1. The summed E-state index contributed by atoms with van der Waals surface area (Å²) in [5, 5.41) is 1.09. The molecule has 0 aliphatic heterocycles. The Hall–Kier alpha value is -0.0500. The molecular weight excluding hydrogens is 460 g/mol. The van der Waals surface area contributed by atoms with E-state index in [2.05, 4.69) is 43.6 Å². The van der Waals surface area contributed by atoms with Crippen molar-refractivity contribution in [2.75, 3.05) is 5.33 Å². The molecule has 3 heteroatoms. The second-order valence-electron chi connectivity index (χ2n) is 9.14. The minimum atomic E-state index is 0. The zero-order valence-corrected chi connectivity index (χ0v) is 23.4. The van der Waals surface area contributed by atoms with Gasteiger partial charge in [-0.25, -0.2) is 0 Å². The molecule has 0 aliphatic rings. The number of rotatable bonds is 22. The van der Waals surface area contributed by atoms with E-state index in [0.29, 0.717) is 6.42 Å². The molecule has 0 amide bonds. The molecule has 0 aromatic carbocycles. The second kappa shape index (κ2) is 33.1. The Morgan fingerprint density at radius 3 is 1.44 bits per heavy atom. The first kappa shape index (κ1) is 36.5. The highest BCUT2D eigenvalue weighted by molar-refractivity contribution is 9.09. The van der Waals surface area contributed by atoms with Crippen molar-refractivity contribution in [1.82, 2.24) is 0 Å². The number of ether oxygens (including phenoxy) is 1. The summed E-state index contributed by atoms with van der Waals surface area (Å²) in [7, 11) is 0. The summed E-state index contributed by atoms with van der Waals surface area (Å²) >= 11 is 3.47. The molecule has 0 radical (unpaired) electrons. The molecule has 0 fully saturated rings. The summed E-state index contributed by atoms with van der Waals surface area (Å²) < 4.78 is 5.89. The van der Waals surface area contributed by atoms with Crippen LogP contribution >= 0.6 is 15.9 Å². The van der Waals surface area contributed by atoms with Crippen LogP contribution in [0.4, 0.5) is 0 Å². The lowest BCUT2D eigenvalue weighted by molar-refractivity contribution is -0.150. The van der Waals surface area contributed by atoms with Gasteiger partial charge in [0.2, 0.25) is 0 Å². The van der Waals surface area contributed by atoms with Crippen molar-refractivity contribution in [2.24, 2.45) is 0 Å². The van der Waals surface area contributed by atoms with Crippen LogP contribution in [0.2, 0.25) is 0 Å². The summed E-state index contributed by atoms with van der Waals surface area (Å²) in [5.41, 5.74) is 0. The Balaban J connectivity index is -0.00000198. The van der Waals surface area contributed by atoms with Crippen LogP contribution in [0.25, 0.3) is 0 Å². The highest BCUT2D eigenvalue weighted by atomic mass is 79.9. The van der Waals surface area contributed by atoms with Crippen LogP contribution in [-0.4, -0.2) is 17.4 Å². The second-order valence-corrected chi connectivity index (χ2v) is 9.93. The van der Waals surface area contributed by atoms with Gasteiger partial charge in [-0.3, -0.25) is 4.79 Å². The van der Waals surface area contributed by atoms with Crippen LogP contribution < -0.4 is 0 Å². The Morgan fingerprint density at radius 1 is 0.625 bits per heavy atom. The number of carbonyl (C=O) groups is 1. The van der Waals surface area contributed by atoms with Crippen LogP contribution in [-0.2, 0) is 9.53 Å². The van der Waals surface area contributed by atoms with Gasteiger partial charge in [0, 0.05) is 11.8 Å². The molecule has 0 aliphatic carbocycles. The summed E-state index contributed by atoms with van der Waals surface area (Å²) in [6, 6.07) is 0. The lowest BCUT2D eigenvalue weighted by Crippen LogP contribution is -2.18. The van der Waals surface area contributed by atoms with Gasteiger partial charge in [-0.05, 0) is 38.5 Å². The van der Waals surface area contributed by atoms with E-state index < -0.39 is 0 Å². The summed E-state index contributed by atoms with van der Waals surface area (Å²) in [6.07, 6.45) is 25.7. The SMILES string of the molecule is C.CCC.CCCCCCCCC(CCCCCCCC)OC(=O)CCCCCCCBr. The smallest absolute Gasteiger partial charge is 0.306 e. The molecule has 2 nitrogen and oxygen atoms in total. The van der Waals surface area contributed by atoms with Gasteiger partial charge >= 0.3 is 5.97 Å². The topological polar surface area (TPSA) is 26.3 Å². The minimum Gasteiger partial charge on any atom is -0.462 e. The molecule has 0 atom stereocenters. The zero-order chi connectivity index (χ0) is 23.4. The fourth-order valence-electron chi connectivity index (χ4n) is 3.71. The van der Waals surface area contributed by atoms with Crippen LogP contribution in [0.15, 0.2) is 0 Å². The molecular formula is C29H61BrO2.